The molecule has 2 unspecified atom stereocenters. The Bertz CT molecular complexity index is 1290. The van der Waals surface area contributed by atoms with Crippen LogP contribution in [0, 0.1) is 13.8 Å². The van der Waals surface area contributed by atoms with Crippen LogP contribution in [0.1, 0.15) is 34.7 Å². The lowest BCUT2D eigenvalue weighted by atomic mass is 9.96. The number of anilines is 1. The summed E-state index contributed by atoms with van der Waals surface area (Å²) < 4.78 is 11.2. The van der Waals surface area contributed by atoms with Crippen molar-refractivity contribution in [1.82, 2.24) is 15.3 Å². The van der Waals surface area contributed by atoms with Crippen LogP contribution in [0.4, 0.5) is 5.69 Å². The van der Waals surface area contributed by atoms with Crippen LogP contribution in [-0.2, 0) is 0 Å². The van der Waals surface area contributed by atoms with E-state index >= 15 is 0 Å². The normalized spacial score (nSPS) is 17.5. The standard InChI is InChI=1S/C27H26N4O2S/c1-17-16-23(18(2)29-17)26-25(24-6-4-5-15-28-24)30-27(34)31(26)19-7-9-21(10-8-19)33-22-13-11-20(32-3)12-14-22/h4-16,25-26,29H,1-3H3,(H,30,34). The summed E-state index contributed by atoms with van der Waals surface area (Å²) in [5.41, 5.74) is 5.38. The Morgan fingerprint density at radius 3 is 2.18 bits per heavy atom. The largest absolute Gasteiger partial charge is 0.497 e. The first-order valence-corrected chi connectivity index (χ1v) is 11.5. The molecule has 1 saturated heterocycles. The molecule has 2 aromatic heterocycles. The van der Waals surface area contributed by atoms with E-state index < -0.39 is 0 Å². The van der Waals surface area contributed by atoms with Gasteiger partial charge in [0, 0.05) is 23.3 Å². The molecule has 1 fully saturated rings. The van der Waals surface area contributed by atoms with Gasteiger partial charge >= 0.3 is 0 Å². The monoisotopic (exact) mass is 470 g/mol. The van der Waals surface area contributed by atoms with Gasteiger partial charge in [0.2, 0.25) is 0 Å². The van der Waals surface area contributed by atoms with Gasteiger partial charge in [-0.05, 0) is 98.4 Å². The van der Waals surface area contributed by atoms with Crippen LogP contribution < -0.4 is 19.7 Å². The highest BCUT2D eigenvalue weighted by Gasteiger charge is 2.41. The Balaban J connectivity index is 1.46. The number of H-pyrrole nitrogens is 1. The zero-order valence-corrected chi connectivity index (χ0v) is 20.1. The topological polar surface area (TPSA) is 62.4 Å². The lowest BCUT2D eigenvalue weighted by molar-refractivity contribution is 0.413. The summed E-state index contributed by atoms with van der Waals surface area (Å²) in [5.74, 6) is 2.29. The first-order valence-electron chi connectivity index (χ1n) is 11.1. The molecule has 0 spiro atoms. The summed E-state index contributed by atoms with van der Waals surface area (Å²) in [5, 5.41) is 4.18. The van der Waals surface area contributed by atoms with E-state index in [0.29, 0.717) is 5.11 Å². The molecule has 0 saturated carbocycles. The fraction of sp³-hybridized carbons (Fsp3) is 0.185. The number of rotatable bonds is 6. The summed E-state index contributed by atoms with van der Waals surface area (Å²) in [6, 6.07) is 23.6. The average Bonchev–Trinajstić information content (AvgIpc) is 3.38. The molecular formula is C27H26N4O2S. The summed E-state index contributed by atoms with van der Waals surface area (Å²) in [6.07, 6.45) is 1.82. The molecule has 2 N–H and O–H groups in total. The summed E-state index contributed by atoms with van der Waals surface area (Å²) >= 11 is 5.82. The van der Waals surface area contributed by atoms with Gasteiger partial charge in [-0.2, -0.15) is 0 Å². The van der Waals surface area contributed by atoms with Crippen molar-refractivity contribution >= 4 is 23.0 Å². The zero-order chi connectivity index (χ0) is 23.7. The van der Waals surface area contributed by atoms with Crippen LogP contribution in [0.15, 0.2) is 79.0 Å². The van der Waals surface area contributed by atoms with Crippen LogP contribution in [0.2, 0.25) is 0 Å². The van der Waals surface area contributed by atoms with Gasteiger partial charge < -0.3 is 24.7 Å². The third kappa shape index (κ3) is 4.22. The van der Waals surface area contributed by atoms with Gasteiger partial charge in [-0.15, -0.1) is 0 Å². The van der Waals surface area contributed by atoms with E-state index in [1.165, 1.54) is 5.56 Å². The third-order valence-electron chi connectivity index (χ3n) is 6.02. The number of aryl methyl sites for hydroxylation is 2. The van der Waals surface area contributed by atoms with Crippen molar-refractivity contribution in [2.24, 2.45) is 0 Å². The Morgan fingerprint density at radius 1 is 0.912 bits per heavy atom. The molecule has 6 nitrogen and oxygen atoms in total. The van der Waals surface area contributed by atoms with Gasteiger partial charge in [0.1, 0.15) is 17.2 Å². The molecule has 0 radical (unpaired) electrons. The van der Waals surface area contributed by atoms with Gasteiger partial charge in [-0.1, -0.05) is 6.07 Å². The van der Waals surface area contributed by atoms with Crippen LogP contribution >= 0.6 is 12.2 Å². The minimum absolute atomic E-state index is 0.0410. The SMILES string of the molecule is COc1ccc(Oc2ccc(N3C(=S)NC(c4ccccn4)C3c3cc(C)[nH]c3C)cc2)cc1. The molecule has 172 valence electrons. The van der Waals surface area contributed by atoms with Crippen molar-refractivity contribution < 1.29 is 9.47 Å². The highest BCUT2D eigenvalue weighted by molar-refractivity contribution is 7.80. The zero-order valence-electron chi connectivity index (χ0n) is 19.3. The Kier molecular flexibility index (Phi) is 5.94. The first-order chi connectivity index (χ1) is 16.5. The Morgan fingerprint density at radius 2 is 1.59 bits per heavy atom. The smallest absolute Gasteiger partial charge is 0.174 e. The Labute approximate surface area is 204 Å². The number of hydrogen-bond acceptors (Lipinski definition) is 4. The highest BCUT2D eigenvalue weighted by Crippen LogP contribution is 2.43. The minimum atomic E-state index is -0.0715. The maximum Gasteiger partial charge on any atom is 0.174 e. The molecule has 0 bridgehead atoms. The van der Waals surface area contributed by atoms with Crippen molar-refractivity contribution in [3.63, 3.8) is 0 Å². The van der Waals surface area contributed by atoms with E-state index in [9.17, 15) is 0 Å². The summed E-state index contributed by atoms with van der Waals surface area (Å²) in [6.45, 7) is 4.17. The number of nitrogens with zero attached hydrogens (tertiary/aromatic N) is 2. The van der Waals surface area contributed by atoms with E-state index in [4.69, 9.17) is 21.7 Å². The molecule has 7 heteroatoms. The maximum absolute atomic E-state index is 6.01. The van der Waals surface area contributed by atoms with Crippen LogP contribution in [0.5, 0.6) is 17.2 Å². The number of hydrogen-bond donors (Lipinski definition) is 2. The number of aromatic amines is 1. The predicted molar refractivity (Wildman–Crippen MR) is 138 cm³/mol. The van der Waals surface area contributed by atoms with E-state index in [2.05, 4.69) is 40.1 Å². The summed E-state index contributed by atoms with van der Waals surface area (Å²) in [7, 11) is 1.65. The second kappa shape index (κ2) is 9.19. The molecule has 34 heavy (non-hydrogen) atoms. The van der Waals surface area contributed by atoms with Gasteiger partial charge in [0.25, 0.3) is 0 Å². The van der Waals surface area contributed by atoms with Crippen LogP contribution in [0.25, 0.3) is 0 Å². The number of pyridine rings is 1. The molecule has 3 heterocycles. The molecule has 4 aromatic rings. The molecule has 1 aliphatic heterocycles. The fourth-order valence-corrected chi connectivity index (χ4v) is 4.80. The van der Waals surface area contributed by atoms with Gasteiger partial charge in [0.15, 0.2) is 5.11 Å². The molecule has 5 rings (SSSR count). The third-order valence-corrected chi connectivity index (χ3v) is 6.33. The average molecular weight is 471 g/mol. The first kappa shape index (κ1) is 22.0. The van der Waals surface area contributed by atoms with Gasteiger partial charge in [-0.25, -0.2) is 0 Å². The van der Waals surface area contributed by atoms with Gasteiger partial charge in [-0.3, -0.25) is 4.98 Å². The van der Waals surface area contributed by atoms with Crippen LogP contribution in [0.3, 0.4) is 0 Å². The molecule has 0 aliphatic carbocycles. The second-order valence-corrected chi connectivity index (χ2v) is 8.69. The summed E-state index contributed by atoms with van der Waals surface area (Å²) in [4.78, 5) is 10.2. The van der Waals surface area contributed by atoms with Crippen molar-refractivity contribution in [3.8, 4) is 17.2 Å². The second-order valence-electron chi connectivity index (χ2n) is 8.30. The highest BCUT2D eigenvalue weighted by atomic mass is 32.1. The molecule has 1 aliphatic rings. The number of benzene rings is 2. The Hall–Kier alpha value is -3.84. The quantitative estimate of drug-likeness (QED) is 0.337. The number of aromatic nitrogens is 2. The number of thiocarbonyl (C=S) groups is 1. The van der Waals surface area contributed by atoms with Crippen molar-refractivity contribution in [2.75, 3.05) is 12.0 Å². The van der Waals surface area contributed by atoms with Crippen LogP contribution in [-0.4, -0.2) is 22.2 Å². The lowest BCUT2D eigenvalue weighted by Gasteiger charge is -2.28. The number of methoxy groups -OCH3 is 1. The molecule has 2 aromatic carbocycles. The minimum Gasteiger partial charge on any atom is -0.497 e. The molecular weight excluding hydrogens is 444 g/mol. The number of ether oxygens (including phenoxy) is 2. The van der Waals surface area contributed by atoms with Crippen molar-refractivity contribution in [2.45, 2.75) is 25.9 Å². The van der Waals surface area contributed by atoms with Crippen molar-refractivity contribution in [3.05, 3.63) is 102 Å². The van der Waals surface area contributed by atoms with Gasteiger partial charge in [0.05, 0.1) is 24.9 Å². The molecule has 2 atom stereocenters. The predicted octanol–water partition coefficient (Wildman–Crippen LogP) is 6.00. The lowest BCUT2D eigenvalue weighted by Crippen LogP contribution is -2.29. The van der Waals surface area contributed by atoms with E-state index in [-0.39, 0.29) is 12.1 Å². The number of nitrogens with one attached hydrogen (secondary N) is 2. The maximum atomic E-state index is 6.01. The van der Waals surface area contributed by atoms with E-state index in [1.807, 2.05) is 72.9 Å². The fourth-order valence-electron chi connectivity index (χ4n) is 4.46. The van der Waals surface area contributed by atoms with E-state index in [0.717, 1.165) is 40.0 Å². The van der Waals surface area contributed by atoms with Crippen molar-refractivity contribution in [1.29, 1.82) is 0 Å². The molecule has 0 amide bonds. The van der Waals surface area contributed by atoms with E-state index in [1.54, 1.807) is 7.11 Å².